The molecule has 0 amide bonds. The molecule has 0 saturated carbocycles. The van der Waals surface area contributed by atoms with Crippen LogP contribution in [0.1, 0.15) is 37.1 Å². The first-order valence-corrected chi connectivity index (χ1v) is 12.2. The zero-order chi connectivity index (χ0) is 22.4. The summed E-state index contributed by atoms with van der Waals surface area (Å²) in [6.07, 6.45) is 5.79. The van der Waals surface area contributed by atoms with Gasteiger partial charge in [0.05, 0.1) is 18.5 Å². The van der Waals surface area contributed by atoms with Crippen molar-refractivity contribution in [2.75, 3.05) is 6.61 Å². The van der Waals surface area contributed by atoms with Crippen molar-refractivity contribution in [2.45, 2.75) is 38.6 Å². The molecule has 0 radical (unpaired) electrons. The Bertz CT molecular complexity index is 1310. The van der Waals surface area contributed by atoms with Crippen LogP contribution < -0.4 is 4.74 Å². The molecule has 1 aromatic carbocycles. The SMILES string of the molecule is CC(C)n1ncnc1-c1nc2c(s1)CCOc1cc(-c3cnn(C(C)S(=O)O)c3)ccc1-2. The molecular weight excluding hydrogens is 448 g/mol. The van der Waals surface area contributed by atoms with Gasteiger partial charge in [0.15, 0.2) is 21.9 Å². The van der Waals surface area contributed by atoms with Crippen LogP contribution in [0.3, 0.4) is 0 Å². The monoisotopic (exact) mass is 470 g/mol. The van der Waals surface area contributed by atoms with Crippen LogP contribution >= 0.6 is 11.3 Å². The second-order valence-electron chi connectivity index (χ2n) is 7.81. The van der Waals surface area contributed by atoms with Crippen molar-refractivity contribution in [1.82, 2.24) is 29.5 Å². The Morgan fingerprint density at radius 3 is 2.84 bits per heavy atom. The quantitative estimate of drug-likeness (QED) is 0.436. The summed E-state index contributed by atoms with van der Waals surface area (Å²) in [6.45, 7) is 6.35. The van der Waals surface area contributed by atoms with E-state index in [1.807, 2.05) is 22.9 Å². The molecule has 1 N–H and O–H groups in total. The van der Waals surface area contributed by atoms with Gasteiger partial charge in [-0.1, -0.05) is 6.07 Å². The average molecular weight is 471 g/mol. The topological polar surface area (TPSA) is 108 Å². The molecule has 1 aliphatic heterocycles. The summed E-state index contributed by atoms with van der Waals surface area (Å²) in [6, 6.07) is 6.18. The fourth-order valence-corrected chi connectivity index (χ4v) is 5.00. The van der Waals surface area contributed by atoms with Gasteiger partial charge in [0, 0.05) is 34.7 Å². The highest BCUT2D eigenvalue weighted by Gasteiger charge is 2.24. The average Bonchev–Trinajstić information content (AvgIpc) is 3.51. The highest BCUT2D eigenvalue weighted by atomic mass is 32.2. The Kier molecular flexibility index (Phi) is 5.39. The normalized spacial score (nSPS) is 15.0. The smallest absolute Gasteiger partial charge is 0.187 e. The minimum absolute atomic E-state index is 0.196. The van der Waals surface area contributed by atoms with Crippen molar-refractivity contribution < 1.29 is 13.5 Å². The minimum Gasteiger partial charge on any atom is -0.492 e. The number of nitrogens with zero attached hydrogens (tertiary/aromatic N) is 6. The molecule has 0 spiro atoms. The molecule has 0 aliphatic carbocycles. The van der Waals surface area contributed by atoms with Gasteiger partial charge in [-0.2, -0.15) is 10.2 Å². The van der Waals surface area contributed by atoms with Gasteiger partial charge < -0.3 is 9.29 Å². The van der Waals surface area contributed by atoms with Gasteiger partial charge in [0.1, 0.15) is 17.5 Å². The molecule has 11 heteroatoms. The molecule has 2 atom stereocenters. The van der Waals surface area contributed by atoms with Crippen LogP contribution in [-0.2, 0) is 17.5 Å². The van der Waals surface area contributed by atoms with Crippen LogP contribution in [0.25, 0.3) is 33.2 Å². The van der Waals surface area contributed by atoms with Gasteiger partial charge >= 0.3 is 0 Å². The number of rotatable bonds is 5. The molecule has 4 aromatic rings. The maximum absolute atomic E-state index is 11.4. The van der Waals surface area contributed by atoms with Gasteiger partial charge in [-0.15, -0.1) is 11.3 Å². The molecule has 4 heterocycles. The molecule has 1 aliphatic rings. The van der Waals surface area contributed by atoms with E-state index in [1.165, 1.54) is 4.68 Å². The van der Waals surface area contributed by atoms with Crippen LogP contribution in [0.2, 0.25) is 0 Å². The largest absolute Gasteiger partial charge is 0.492 e. The van der Waals surface area contributed by atoms with Crippen molar-refractivity contribution in [1.29, 1.82) is 0 Å². The predicted molar refractivity (Wildman–Crippen MR) is 123 cm³/mol. The van der Waals surface area contributed by atoms with Gasteiger partial charge in [-0.3, -0.25) is 4.68 Å². The first-order chi connectivity index (χ1) is 15.4. The molecule has 3 aromatic heterocycles. The second kappa shape index (κ2) is 8.23. The van der Waals surface area contributed by atoms with Crippen molar-refractivity contribution in [3.8, 4) is 39.0 Å². The Morgan fingerprint density at radius 2 is 2.06 bits per heavy atom. The van der Waals surface area contributed by atoms with Gasteiger partial charge in [-0.25, -0.2) is 18.9 Å². The van der Waals surface area contributed by atoms with E-state index in [4.69, 9.17) is 9.72 Å². The van der Waals surface area contributed by atoms with Crippen LogP contribution in [-0.4, -0.2) is 44.9 Å². The zero-order valence-electron chi connectivity index (χ0n) is 17.8. The van der Waals surface area contributed by atoms with Crippen molar-refractivity contribution >= 4 is 22.4 Å². The molecule has 32 heavy (non-hydrogen) atoms. The van der Waals surface area contributed by atoms with Crippen LogP contribution in [0.5, 0.6) is 5.75 Å². The van der Waals surface area contributed by atoms with E-state index in [-0.39, 0.29) is 6.04 Å². The number of hydrogen-bond acceptors (Lipinski definition) is 7. The summed E-state index contributed by atoms with van der Waals surface area (Å²) in [5, 5.41) is 8.80. The number of ether oxygens (including phenoxy) is 1. The van der Waals surface area contributed by atoms with E-state index in [0.29, 0.717) is 6.61 Å². The summed E-state index contributed by atoms with van der Waals surface area (Å²) >= 11 is -0.360. The predicted octanol–water partition coefficient (Wildman–Crippen LogP) is 4.19. The van der Waals surface area contributed by atoms with E-state index in [9.17, 15) is 8.76 Å². The molecule has 166 valence electrons. The first kappa shape index (κ1) is 21.0. The summed E-state index contributed by atoms with van der Waals surface area (Å²) in [5.41, 5.74) is 3.63. The lowest BCUT2D eigenvalue weighted by molar-refractivity contribution is 0.327. The third-order valence-corrected chi connectivity index (χ3v) is 7.28. The molecule has 0 bridgehead atoms. The van der Waals surface area contributed by atoms with E-state index in [0.717, 1.165) is 50.3 Å². The van der Waals surface area contributed by atoms with Gasteiger partial charge in [-0.05, 0) is 38.5 Å². The number of benzene rings is 1. The number of hydrogen-bond donors (Lipinski definition) is 1. The maximum Gasteiger partial charge on any atom is 0.187 e. The molecule has 2 unspecified atom stereocenters. The van der Waals surface area contributed by atoms with Crippen LogP contribution in [0.4, 0.5) is 0 Å². The summed E-state index contributed by atoms with van der Waals surface area (Å²) in [7, 11) is 0. The Hall–Kier alpha value is -2.89. The second-order valence-corrected chi connectivity index (χ2v) is 10.1. The summed E-state index contributed by atoms with van der Waals surface area (Å²) in [4.78, 5) is 10.5. The Balaban J connectivity index is 1.52. The first-order valence-electron chi connectivity index (χ1n) is 10.2. The van der Waals surface area contributed by atoms with Crippen LogP contribution in [0.15, 0.2) is 36.9 Å². The number of aromatic nitrogens is 6. The standard InChI is InChI=1S/C21H22N6O3S2/c1-12(2)27-20(22-11-24-27)21-25-19-16-5-4-14(8-17(16)30-7-6-18(19)31-21)15-9-23-26(10-15)13(3)32(28)29/h4-5,8-13H,6-7H2,1-3H3,(H,28,29). The van der Waals surface area contributed by atoms with Gasteiger partial charge in [0.2, 0.25) is 0 Å². The molecular formula is C21H22N6O3S2. The van der Waals surface area contributed by atoms with E-state index in [1.54, 1.807) is 37.0 Å². The van der Waals surface area contributed by atoms with E-state index >= 15 is 0 Å². The van der Waals surface area contributed by atoms with Crippen molar-refractivity contribution in [3.63, 3.8) is 0 Å². The zero-order valence-corrected chi connectivity index (χ0v) is 19.4. The molecule has 0 fully saturated rings. The van der Waals surface area contributed by atoms with Crippen LogP contribution in [0, 0.1) is 0 Å². The van der Waals surface area contributed by atoms with Crippen molar-refractivity contribution in [2.24, 2.45) is 0 Å². The Labute approximate surface area is 191 Å². The molecule has 9 nitrogen and oxygen atoms in total. The minimum atomic E-state index is -1.99. The fraction of sp³-hybridized carbons (Fsp3) is 0.333. The maximum atomic E-state index is 11.4. The lowest BCUT2D eigenvalue weighted by atomic mass is 10.0. The lowest BCUT2D eigenvalue weighted by Gasteiger charge is -2.09. The van der Waals surface area contributed by atoms with Crippen molar-refractivity contribution in [3.05, 3.63) is 41.8 Å². The number of thiazole rings is 1. The highest BCUT2D eigenvalue weighted by molar-refractivity contribution is 7.79. The Morgan fingerprint density at radius 1 is 1.22 bits per heavy atom. The van der Waals surface area contributed by atoms with Gasteiger partial charge in [0.25, 0.3) is 0 Å². The van der Waals surface area contributed by atoms with E-state index < -0.39 is 16.5 Å². The summed E-state index contributed by atoms with van der Waals surface area (Å²) < 4.78 is 30.1. The van der Waals surface area contributed by atoms with E-state index in [2.05, 4.69) is 29.0 Å². The number of fused-ring (bicyclic) bond motifs is 3. The molecule has 0 saturated heterocycles. The third kappa shape index (κ3) is 3.65. The lowest BCUT2D eigenvalue weighted by Crippen LogP contribution is -2.10. The third-order valence-electron chi connectivity index (χ3n) is 5.37. The highest BCUT2D eigenvalue weighted by Crippen LogP contribution is 2.41. The summed E-state index contributed by atoms with van der Waals surface area (Å²) in [5.74, 6) is 1.54. The fourth-order valence-electron chi connectivity index (χ4n) is 3.66. The molecule has 5 rings (SSSR count).